The number of hydrogen-bond acceptors (Lipinski definition) is 6. The SMILES string of the molecule is CCCC1CC(=O)C2=C(C1)N=C(C)C(C#N)C2c1cc(Br)c(OCc2ccc(C(=O)O)cc2)c(OCC)c1. The molecule has 0 saturated heterocycles. The first kappa shape index (κ1) is 27.6. The number of carboxylic acid groups (broad SMARTS) is 1. The fourth-order valence-electron chi connectivity index (χ4n) is 5.35. The summed E-state index contributed by atoms with van der Waals surface area (Å²) in [5.74, 6) is -0.607. The Morgan fingerprint density at radius 2 is 1.92 bits per heavy atom. The highest BCUT2D eigenvalue weighted by Gasteiger charge is 2.41. The Morgan fingerprint density at radius 1 is 1.18 bits per heavy atom. The van der Waals surface area contributed by atoms with Crippen LogP contribution in [0.25, 0.3) is 0 Å². The minimum Gasteiger partial charge on any atom is -0.490 e. The van der Waals surface area contributed by atoms with Gasteiger partial charge in [-0.15, -0.1) is 0 Å². The fourth-order valence-corrected chi connectivity index (χ4v) is 5.92. The van der Waals surface area contributed by atoms with E-state index in [4.69, 9.17) is 19.6 Å². The summed E-state index contributed by atoms with van der Waals surface area (Å²) in [4.78, 5) is 29.3. The molecule has 1 aliphatic carbocycles. The maximum absolute atomic E-state index is 13.4. The van der Waals surface area contributed by atoms with Crippen molar-refractivity contribution in [1.82, 2.24) is 0 Å². The second-order valence-electron chi connectivity index (χ2n) is 9.74. The first-order valence-corrected chi connectivity index (χ1v) is 13.7. The molecular formula is C30H31BrN2O5. The Hall–Kier alpha value is -3.44. The van der Waals surface area contributed by atoms with E-state index >= 15 is 0 Å². The Balaban J connectivity index is 1.70. The number of carbonyl (C=O) groups excluding carboxylic acids is 1. The van der Waals surface area contributed by atoms with Crippen LogP contribution in [0, 0.1) is 23.2 Å². The van der Waals surface area contributed by atoms with E-state index in [9.17, 15) is 14.9 Å². The van der Waals surface area contributed by atoms with Crippen molar-refractivity contribution in [3.05, 3.63) is 68.8 Å². The van der Waals surface area contributed by atoms with Crippen LogP contribution in [0.5, 0.6) is 11.5 Å². The van der Waals surface area contributed by atoms with Crippen LogP contribution < -0.4 is 9.47 Å². The van der Waals surface area contributed by atoms with E-state index in [2.05, 4.69) is 28.9 Å². The van der Waals surface area contributed by atoms with Crippen LogP contribution in [0.15, 0.2) is 57.1 Å². The summed E-state index contributed by atoms with van der Waals surface area (Å²) < 4.78 is 12.7. The molecule has 2 aliphatic rings. The molecule has 7 nitrogen and oxygen atoms in total. The monoisotopic (exact) mass is 578 g/mol. The van der Waals surface area contributed by atoms with E-state index < -0.39 is 17.8 Å². The molecule has 0 saturated carbocycles. The minimum absolute atomic E-state index is 0.0745. The number of ether oxygens (including phenoxy) is 2. The molecule has 1 N–H and O–H groups in total. The molecule has 3 atom stereocenters. The lowest BCUT2D eigenvalue weighted by Crippen LogP contribution is -2.32. The highest BCUT2D eigenvalue weighted by molar-refractivity contribution is 9.10. The largest absolute Gasteiger partial charge is 0.490 e. The van der Waals surface area contributed by atoms with Gasteiger partial charge in [-0.2, -0.15) is 5.26 Å². The van der Waals surface area contributed by atoms with Crippen LogP contribution >= 0.6 is 15.9 Å². The van der Waals surface area contributed by atoms with Gasteiger partial charge < -0.3 is 14.6 Å². The maximum Gasteiger partial charge on any atom is 0.335 e. The fraction of sp³-hybridized carbons (Fsp3) is 0.400. The average Bonchev–Trinajstić information content (AvgIpc) is 2.88. The Morgan fingerprint density at radius 3 is 2.55 bits per heavy atom. The molecule has 198 valence electrons. The summed E-state index contributed by atoms with van der Waals surface area (Å²) >= 11 is 3.63. The lowest BCUT2D eigenvalue weighted by molar-refractivity contribution is -0.117. The van der Waals surface area contributed by atoms with Crippen molar-refractivity contribution in [2.75, 3.05) is 6.61 Å². The van der Waals surface area contributed by atoms with Crippen LogP contribution in [0.3, 0.4) is 0 Å². The van der Waals surface area contributed by atoms with Crippen molar-refractivity contribution < 1.29 is 24.2 Å². The predicted molar refractivity (Wildman–Crippen MR) is 148 cm³/mol. The molecular weight excluding hydrogens is 548 g/mol. The number of ketones is 1. The van der Waals surface area contributed by atoms with E-state index in [0.717, 1.165) is 41.8 Å². The van der Waals surface area contributed by atoms with Crippen LogP contribution in [-0.2, 0) is 11.4 Å². The first-order chi connectivity index (χ1) is 18.3. The number of nitriles is 1. The number of hydrogen-bond donors (Lipinski definition) is 1. The molecule has 1 heterocycles. The molecule has 3 unspecified atom stereocenters. The number of halogens is 1. The van der Waals surface area contributed by atoms with Crippen LogP contribution in [0.2, 0.25) is 0 Å². The lowest BCUT2D eigenvalue weighted by atomic mass is 9.70. The molecule has 0 spiro atoms. The van der Waals surface area contributed by atoms with E-state index in [1.807, 2.05) is 26.0 Å². The maximum atomic E-state index is 13.4. The molecule has 0 aromatic heterocycles. The van der Waals surface area contributed by atoms with Gasteiger partial charge in [0, 0.05) is 29.3 Å². The van der Waals surface area contributed by atoms with Crippen LogP contribution in [0.4, 0.5) is 0 Å². The van der Waals surface area contributed by atoms with E-state index in [-0.39, 0.29) is 23.9 Å². The topological polar surface area (TPSA) is 109 Å². The highest BCUT2D eigenvalue weighted by atomic mass is 79.9. The van der Waals surface area contributed by atoms with E-state index in [0.29, 0.717) is 34.6 Å². The van der Waals surface area contributed by atoms with Gasteiger partial charge in [0.1, 0.15) is 6.61 Å². The number of carbonyl (C=O) groups is 2. The van der Waals surface area contributed by atoms with Crippen molar-refractivity contribution in [3.8, 4) is 17.6 Å². The second-order valence-corrected chi connectivity index (χ2v) is 10.6. The summed E-state index contributed by atoms with van der Waals surface area (Å²) in [6.45, 7) is 6.48. The van der Waals surface area contributed by atoms with Crippen LogP contribution in [0.1, 0.15) is 73.9 Å². The molecule has 0 bridgehead atoms. The molecule has 4 rings (SSSR count). The zero-order valence-electron chi connectivity index (χ0n) is 21.8. The molecule has 8 heteroatoms. The highest BCUT2D eigenvalue weighted by Crippen LogP contribution is 2.48. The third-order valence-corrected chi connectivity index (χ3v) is 7.67. The van der Waals surface area contributed by atoms with E-state index in [1.165, 1.54) is 12.1 Å². The lowest BCUT2D eigenvalue weighted by Gasteiger charge is -2.35. The van der Waals surface area contributed by atoms with Gasteiger partial charge in [0.25, 0.3) is 0 Å². The molecule has 0 amide bonds. The summed E-state index contributed by atoms with van der Waals surface area (Å²) in [6.07, 6.45) is 3.23. The summed E-state index contributed by atoms with van der Waals surface area (Å²) in [5.41, 5.74) is 4.00. The smallest absolute Gasteiger partial charge is 0.335 e. The molecule has 2 aromatic carbocycles. The van der Waals surface area contributed by atoms with Crippen molar-refractivity contribution >= 4 is 33.4 Å². The van der Waals surface area contributed by atoms with Crippen molar-refractivity contribution in [1.29, 1.82) is 5.26 Å². The Labute approximate surface area is 231 Å². The number of rotatable bonds is 9. The van der Waals surface area contributed by atoms with Gasteiger partial charge in [-0.3, -0.25) is 9.79 Å². The van der Waals surface area contributed by atoms with E-state index in [1.54, 1.807) is 12.1 Å². The number of nitrogens with zero attached hydrogens (tertiary/aromatic N) is 2. The molecule has 38 heavy (non-hydrogen) atoms. The number of carboxylic acids is 1. The van der Waals surface area contributed by atoms with Gasteiger partial charge in [0.15, 0.2) is 17.3 Å². The molecule has 1 aliphatic heterocycles. The number of aromatic carboxylic acids is 1. The van der Waals surface area contributed by atoms with Gasteiger partial charge in [0.2, 0.25) is 0 Å². The quantitative estimate of drug-likeness (QED) is 0.348. The van der Waals surface area contributed by atoms with Gasteiger partial charge in [-0.1, -0.05) is 25.5 Å². The number of allylic oxidation sites excluding steroid dienone is 2. The van der Waals surface area contributed by atoms with Gasteiger partial charge >= 0.3 is 5.97 Å². The minimum atomic E-state index is -0.983. The van der Waals surface area contributed by atoms with Gasteiger partial charge in [0.05, 0.1) is 28.6 Å². The molecule has 0 fully saturated rings. The normalized spacial score (nSPS) is 20.9. The van der Waals surface area contributed by atoms with Crippen molar-refractivity contribution in [2.24, 2.45) is 16.8 Å². The summed E-state index contributed by atoms with van der Waals surface area (Å²) in [5, 5.41) is 19.2. The number of benzene rings is 2. The second kappa shape index (κ2) is 12.0. The zero-order valence-corrected chi connectivity index (χ0v) is 23.4. The standard InChI is InChI=1S/C30H31BrN2O5/c1-4-6-19-11-24-28(25(34)12-19)27(22(15-32)17(3)33-24)21-13-23(31)29(26(14-21)37-5-2)38-16-18-7-9-20(10-8-18)30(35)36/h7-10,13-14,19,22,27H,4-6,11-12,16H2,1-3H3,(H,35,36). The Bertz CT molecular complexity index is 1340. The third kappa shape index (κ3) is 5.68. The van der Waals surface area contributed by atoms with Crippen molar-refractivity contribution in [2.45, 2.75) is 59.0 Å². The van der Waals surface area contributed by atoms with Gasteiger partial charge in [-0.25, -0.2) is 4.79 Å². The van der Waals surface area contributed by atoms with Gasteiger partial charge in [-0.05, 0) is 83.9 Å². The van der Waals surface area contributed by atoms with Crippen molar-refractivity contribution in [3.63, 3.8) is 0 Å². The number of aliphatic imine (C=N–C) groups is 1. The molecule has 0 radical (unpaired) electrons. The zero-order chi connectivity index (χ0) is 27.4. The molecule has 2 aromatic rings. The summed E-state index contributed by atoms with van der Waals surface area (Å²) in [7, 11) is 0. The predicted octanol–water partition coefficient (Wildman–Crippen LogP) is 6.86. The third-order valence-electron chi connectivity index (χ3n) is 7.08. The first-order valence-electron chi connectivity index (χ1n) is 12.9. The number of Topliss-reactive ketones (excluding diaryl/α,β-unsaturated/α-hetero) is 1. The Kier molecular flexibility index (Phi) is 8.68. The summed E-state index contributed by atoms with van der Waals surface area (Å²) in [6, 6.07) is 12.6. The average molecular weight is 579 g/mol. The van der Waals surface area contributed by atoms with Crippen LogP contribution in [-0.4, -0.2) is 29.2 Å².